The van der Waals surface area contributed by atoms with Crippen molar-refractivity contribution in [2.75, 3.05) is 6.61 Å². The number of aryl methyl sites for hydroxylation is 1. The molecule has 0 aliphatic heterocycles. The van der Waals surface area contributed by atoms with Crippen molar-refractivity contribution < 1.29 is 13.5 Å². The Morgan fingerprint density at radius 2 is 1.50 bits per heavy atom. The smallest absolute Gasteiger partial charge is 0.190 e. The molecular weight excluding hydrogens is 426 g/mol. The second kappa shape index (κ2) is 11.6. The van der Waals surface area contributed by atoms with E-state index in [1.54, 1.807) is 6.92 Å². The van der Waals surface area contributed by atoms with Gasteiger partial charge in [-0.15, -0.1) is 0 Å². The molecule has 180 valence electrons. The number of rotatable bonds is 9. The van der Waals surface area contributed by atoms with Gasteiger partial charge in [0.05, 0.1) is 6.61 Å². The van der Waals surface area contributed by atoms with Gasteiger partial charge in [0.25, 0.3) is 0 Å². The van der Waals surface area contributed by atoms with Crippen LogP contribution in [0.25, 0.3) is 0 Å². The standard InChI is InChI=1S/C31H36F2O/c1-3-34-31-29(32)20-25(21-30(31)33)10-9-23-11-15-27(16-12-23)28-17-13-24(14-18-28)19-22(2)26-7-5-4-6-8-26/h4-8,13-14,17-18,20-23,27H,3,9-12,15-16,19H2,1-2H3/t22-,23?,27?/m1/s1. The highest BCUT2D eigenvalue weighted by atomic mass is 19.1. The van der Waals surface area contributed by atoms with Crippen LogP contribution in [0.15, 0.2) is 66.7 Å². The molecule has 3 aromatic rings. The molecule has 1 nitrogen and oxygen atoms in total. The fourth-order valence-corrected chi connectivity index (χ4v) is 5.37. The van der Waals surface area contributed by atoms with Gasteiger partial charge < -0.3 is 4.74 Å². The van der Waals surface area contributed by atoms with Crippen LogP contribution in [0.4, 0.5) is 8.78 Å². The predicted octanol–water partition coefficient (Wildman–Crippen LogP) is 8.62. The third kappa shape index (κ3) is 6.25. The van der Waals surface area contributed by atoms with Crippen LogP contribution >= 0.6 is 0 Å². The summed E-state index contributed by atoms with van der Waals surface area (Å²) >= 11 is 0. The number of benzene rings is 3. The lowest BCUT2D eigenvalue weighted by atomic mass is 9.76. The summed E-state index contributed by atoms with van der Waals surface area (Å²) in [5.41, 5.74) is 4.95. The first-order valence-corrected chi connectivity index (χ1v) is 12.8. The Morgan fingerprint density at radius 3 is 2.12 bits per heavy atom. The molecule has 34 heavy (non-hydrogen) atoms. The van der Waals surface area contributed by atoms with Gasteiger partial charge in [0.2, 0.25) is 0 Å². The largest absolute Gasteiger partial charge is 0.488 e. The molecule has 1 saturated carbocycles. The maximum absolute atomic E-state index is 14.1. The van der Waals surface area contributed by atoms with Gasteiger partial charge in [-0.2, -0.15) is 0 Å². The molecule has 0 radical (unpaired) electrons. The lowest BCUT2D eigenvalue weighted by Gasteiger charge is -2.29. The molecule has 0 N–H and O–H groups in total. The molecule has 1 aliphatic carbocycles. The van der Waals surface area contributed by atoms with Crippen LogP contribution < -0.4 is 4.74 Å². The Bertz CT molecular complexity index is 1010. The molecule has 1 atom stereocenters. The van der Waals surface area contributed by atoms with E-state index in [2.05, 4.69) is 61.5 Å². The van der Waals surface area contributed by atoms with Gasteiger partial charge in [-0.1, -0.05) is 61.5 Å². The van der Waals surface area contributed by atoms with Gasteiger partial charge in [0.15, 0.2) is 17.4 Å². The Morgan fingerprint density at radius 1 is 0.853 bits per heavy atom. The zero-order valence-electron chi connectivity index (χ0n) is 20.4. The second-order valence-electron chi connectivity index (χ2n) is 9.84. The minimum atomic E-state index is -0.595. The molecule has 0 amide bonds. The van der Waals surface area contributed by atoms with Crippen molar-refractivity contribution in [3.8, 4) is 5.75 Å². The molecule has 3 heteroatoms. The Kier molecular flexibility index (Phi) is 8.37. The first-order chi connectivity index (χ1) is 16.5. The zero-order chi connectivity index (χ0) is 23.9. The third-order valence-corrected chi connectivity index (χ3v) is 7.40. The van der Waals surface area contributed by atoms with Gasteiger partial charge >= 0.3 is 0 Å². The molecule has 1 aliphatic rings. The van der Waals surface area contributed by atoms with Crippen molar-refractivity contribution in [2.45, 2.75) is 70.6 Å². The van der Waals surface area contributed by atoms with Gasteiger partial charge in [0.1, 0.15) is 0 Å². The average Bonchev–Trinajstić information content (AvgIpc) is 2.86. The van der Waals surface area contributed by atoms with Gasteiger partial charge in [-0.25, -0.2) is 8.78 Å². The van der Waals surface area contributed by atoms with E-state index in [1.165, 1.54) is 54.5 Å². The molecule has 0 heterocycles. The molecular formula is C31H36F2O. The number of hydrogen-bond acceptors (Lipinski definition) is 1. The maximum Gasteiger partial charge on any atom is 0.190 e. The molecule has 0 spiro atoms. The lowest BCUT2D eigenvalue weighted by molar-refractivity contribution is 0.300. The molecule has 3 aromatic carbocycles. The summed E-state index contributed by atoms with van der Waals surface area (Å²) in [5, 5.41) is 0. The van der Waals surface area contributed by atoms with Crippen molar-refractivity contribution >= 4 is 0 Å². The first kappa shape index (κ1) is 24.4. The average molecular weight is 463 g/mol. The van der Waals surface area contributed by atoms with E-state index < -0.39 is 11.6 Å². The Hall–Kier alpha value is -2.68. The van der Waals surface area contributed by atoms with E-state index >= 15 is 0 Å². The van der Waals surface area contributed by atoms with Crippen molar-refractivity contribution in [1.82, 2.24) is 0 Å². The highest BCUT2D eigenvalue weighted by Gasteiger charge is 2.23. The van der Waals surface area contributed by atoms with Crippen molar-refractivity contribution in [1.29, 1.82) is 0 Å². The highest BCUT2D eigenvalue weighted by Crippen LogP contribution is 2.38. The van der Waals surface area contributed by atoms with Crippen molar-refractivity contribution in [2.24, 2.45) is 5.92 Å². The van der Waals surface area contributed by atoms with Crippen LogP contribution in [0.1, 0.15) is 80.0 Å². The summed E-state index contributed by atoms with van der Waals surface area (Å²) < 4.78 is 33.3. The molecule has 1 fully saturated rings. The highest BCUT2D eigenvalue weighted by molar-refractivity contribution is 5.32. The number of halogens is 2. The van der Waals surface area contributed by atoms with E-state index in [1.807, 2.05) is 0 Å². The lowest BCUT2D eigenvalue weighted by Crippen LogP contribution is -2.14. The fraction of sp³-hybridized carbons (Fsp3) is 0.419. The molecule has 0 saturated heterocycles. The molecule has 4 rings (SSSR count). The normalized spacial score (nSPS) is 19.1. The van der Waals surface area contributed by atoms with Crippen LogP contribution in [-0.4, -0.2) is 6.61 Å². The molecule has 0 bridgehead atoms. The summed E-state index contributed by atoms with van der Waals surface area (Å²) in [6, 6.07) is 22.8. The van der Waals surface area contributed by atoms with Gasteiger partial charge in [-0.3, -0.25) is 0 Å². The van der Waals surface area contributed by atoms with Crippen LogP contribution in [-0.2, 0) is 12.8 Å². The van der Waals surface area contributed by atoms with Gasteiger partial charge in [0, 0.05) is 0 Å². The van der Waals surface area contributed by atoms with Crippen LogP contribution in [0.3, 0.4) is 0 Å². The first-order valence-electron chi connectivity index (χ1n) is 12.8. The summed E-state index contributed by atoms with van der Waals surface area (Å²) in [4.78, 5) is 0. The zero-order valence-corrected chi connectivity index (χ0v) is 20.4. The van der Waals surface area contributed by atoms with Gasteiger partial charge in [-0.05, 0) is 104 Å². The minimum absolute atomic E-state index is 0.256. The van der Waals surface area contributed by atoms with E-state index in [9.17, 15) is 8.78 Å². The van der Waals surface area contributed by atoms with Crippen LogP contribution in [0.2, 0.25) is 0 Å². The van der Waals surface area contributed by atoms with Crippen molar-refractivity contribution in [3.63, 3.8) is 0 Å². The van der Waals surface area contributed by atoms with E-state index in [0.717, 1.165) is 18.4 Å². The number of hydrogen-bond donors (Lipinski definition) is 0. The minimum Gasteiger partial charge on any atom is -0.488 e. The summed E-state index contributed by atoms with van der Waals surface area (Å²) in [6.07, 6.45) is 7.50. The summed E-state index contributed by atoms with van der Waals surface area (Å²) in [7, 11) is 0. The number of ether oxygens (including phenoxy) is 1. The topological polar surface area (TPSA) is 9.23 Å². The van der Waals surface area contributed by atoms with E-state index in [0.29, 0.717) is 24.2 Å². The SMILES string of the molecule is CCOc1c(F)cc(CCC2CCC(c3ccc(C[C@@H](C)c4ccccc4)cc3)CC2)cc1F. The third-order valence-electron chi connectivity index (χ3n) is 7.40. The Labute approximate surface area is 203 Å². The second-order valence-corrected chi connectivity index (χ2v) is 9.84. The monoisotopic (exact) mass is 462 g/mol. The molecule has 0 aromatic heterocycles. The fourth-order valence-electron chi connectivity index (χ4n) is 5.37. The van der Waals surface area contributed by atoms with E-state index in [-0.39, 0.29) is 12.4 Å². The molecule has 0 unspecified atom stereocenters. The van der Waals surface area contributed by atoms with E-state index in [4.69, 9.17) is 4.74 Å². The maximum atomic E-state index is 14.1. The van der Waals surface area contributed by atoms with Crippen molar-refractivity contribution in [3.05, 3.63) is 101 Å². The quantitative estimate of drug-likeness (QED) is 0.309. The van der Waals surface area contributed by atoms with Crippen LogP contribution in [0.5, 0.6) is 5.75 Å². The predicted molar refractivity (Wildman–Crippen MR) is 136 cm³/mol. The Balaban J connectivity index is 1.25. The summed E-state index contributed by atoms with van der Waals surface area (Å²) in [6.45, 7) is 4.27. The van der Waals surface area contributed by atoms with Crippen LogP contribution in [0, 0.1) is 17.6 Å². The summed E-state index contributed by atoms with van der Waals surface area (Å²) in [5.74, 6) is 0.314.